The first-order valence-corrected chi connectivity index (χ1v) is 12.9. The van der Waals surface area contributed by atoms with Gasteiger partial charge in [-0.1, -0.05) is 0 Å². The van der Waals surface area contributed by atoms with Crippen molar-refractivity contribution in [2.24, 2.45) is 0 Å². The van der Waals surface area contributed by atoms with E-state index in [0.717, 1.165) is 11.3 Å². The van der Waals surface area contributed by atoms with Crippen LogP contribution in [0.15, 0.2) is 40.6 Å². The lowest BCUT2D eigenvalue weighted by Crippen LogP contribution is -2.40. The van der Waals surface area contributed by atoms with Crippen molar-refractivity contribution in [3.05, 3.63) is 47.8 Å². The van der Waals surface area contributed by atoms with Gasteiger partial charge in [-0.05, 0) is 42.8 Å². The Balaban J connectivity index is 1.35. The van der Waals surface area contributed by atoms with Gasteiger partial charge in [0, 0.05) is 44.8 Å². The van der Waals surface area contributed by atoms with Crippen molar-refractivity contribution in [1.82, 2.24) is 14.1 Å². The number of nitrogens with zero attached hydrogens (tertiary/aromatic N) is 3. The molecule has 2 saturated heterocycles. The number of thiophene rings is 1. The molecular formula is C21H25FN4O5S2. The largest absolute Gasteiger partial charge is 0.379 e. The summed E-state index contributed by atoms with van der Waals surface area (Å²) in [4.78, 5) is 28.7. The molecule has 0 radical (unpaired) electrons. The van der Waals surface area contributed by atoms with E-state index in [9.17, 15) is 22.4 Å². The number of benzene rings is 1. The minimum atomic E-state index is -3.61. The van der Waals surface area contributed by atoms with Gasteiger partial charge in [-0.15, -0.1) is 11.3 Å². The zero-order valence-electron chi connectivity index (χ0n) is 17.9. The highest BCUT2D eigenvalue weighted by molar-refractivity contribution is 7.91. The molecule has 178 valence electrons. The van der Waals surface area contributed by atoms with Gasteiger partial charge in [-0.3, -0.25) is 10.1 Å². The first kappa shape index (κ1) is 23.6. The number of rotatable bonds is 4. The van der Waals surface area contributed by atoms with Crippen LogP contribution in [0.25, 0.3) is 0 Å². The molecule has 0 bridgehead atoms. The van der Waals surface area contributed by atoms with E-state index in [4.69, 9.17) is 4.74 Å². The number of ether oxygens (including phenoxy) is 1. The van der Waals surface area contributed by atoms with E-state index in [0.29, 0.717) is 69.5 Å². The quantitative estimate of drug-likeness (QED) is 0.700. The van der Waals surface area contributed by atoms with Crippen LogP contribution in [0.1, 0.15) is 16.8 Å². The number of hydrogen-bond donors (Lipinski definition) is 1. The number of anilines is 1. The second-order valence-corrected chi connectivity index (χ2v) is 11.0. The van der Waals surface area contributed by atoms with Gasteiger partial charge < -0.3 is 14.5 Å². The second kappa shape index (κ2) is 10.2. The highest BCUT2D eigenvalue weighted by atomic mass is 32.2. The Morgan fingerprint density at radius 2 is 1.58 bits per heavy atom. The van der Waals surface area contributed by atoms with Gasteiger partial charge in [0.2, 0.25) is 0 Å². The van der Waals surface area contributed by atoms with Gasteiger partial charge >= 0.3 is 6.03 Å². The summed E-state index contributed by atoms with van der Waals surface area (Å²) in [6.45, 7) is 2.98. The van der Waals surface area contributed by atoms with Crippen LogP contribution in [0.2, 0.25) is 0 Å². The summed E-state index contributed by atoms with van der Waals surface area (Å²) >= 11 is 1.01. The lowest BCUT2D eigenvalue weighted by molar-refractivity contribution is 0.0731. The fourth-order valence-electron chi connectivity index (χ4n) is 3.72. The van der Waals surface area contributed by atoms with E-state index in [-0.39, 0.29) is 16.1 Å². The SMILES string of the molecule is O=C(Nc1ccc(S(=O)(=O)N2CCOCC2)s1)N1CCCN(C(=O)c2ccc(F)cc2)CC1. The van der Waals surface area contributed by atoms with Gasteiger partial charge in [0.15, 0.2) is 0 Å². The highest BCUT2D eigenvalue weighted by Gasteiger charge is 2.28. The van der Waals surface area contributed by atoms with E-state index in [1.54, 1.807) is 15.9 Å². The van der Waals surface area contributed by atoms with E-state index >= 15 is 0 Å². The van der Waals surface area contributed by atoms with Gasteiger partial charge in [-0.25, -0.2) is 17.6 Å². The van der Waals surface area contributed by atoms with Crippen molar-refractivity contribution < 1.29 is 27.1 Å². The molecule has 0 aliphatic carbocycles. The predicted molar refractivity (Wildman–Crippen MR) is 121 cm³/mol. The zero-order valence-corrected chi connectivity index (χ0v) is 19.5. The molecule has 1 N–H and O–H groups in total. The third-order valence-corrected chi connectivity index (χ3v) is 8.90. The second-order valence-electron chi connectivity index (χ2n) is 7.70. The maximum absolute atomic E-state index is 13.1. The van der Waals surface area contributed by atoms with Crippen LogP contribution >= 0.6 is 11.3 Å². The Bertz CT molecular complexity index is 1100. The van der Waals surface area contributed by atoms with E-state index in [1.807, 2.05) is 0 Å². The summed E-state index contributed by atoms with van der Waals surface area (Å²) in [5.74, 6) is -0.604. The molecule has 0 spiro atoms. The Kier molecular flexibility index (Phi) is 7.27. The first-order valence-electron chi connectivity index (χ1n) is 10.6. The van der Waals surface area contributed by atoms with E-state index < -0.39 is 15.8 Å². The van der Waals surface area contributed by atoms with Crippen molar-refractivity contribution in [3.63, 3.8) is 0 Å². The van der Waals surface area contributed by atoms with Crippen LogP contribution in [0.3, 0.4) is 0 Å². The van der Waals surface area contributed by atoms with Gasteiger partial charge in [-0.2, -0.15) is 4.31 Å². The van der Waals surface area contributed by atoms with Crippen molar-refractivity contribution in [3.8, 4) is 0 Å². The number of carbonyl (C=O) groups is 2. The summed E-state index contributed by atoms with van der Waals surface area (Å²) in [5, 5.41) is 3.21. The molecule has 12 heteroatoms. The maximum Gasteiger partial charge on any atom is 0.322 e. The minimum Gasteiger partial charge on any atom is -0.379 e. The van der Waals surface area contributed by atoms with Gasteiger partial charge in [0.1, 0.15) is 10.0 Å². The maximum atomic E-state index is 13.1. The van der Waals surface area contributed by atoms with Crippen LogP contribution < -0.4 is 5.32 Å². The molecule has 9 nitrogen and oxygen atoms in total. The molecule has 3 amide bonds. The average Bonchev–Trinajstić information content (AvgIpc) is 3.15. The van der Waals surface area contributed by atoms with Gasteiger partial charge in [0.05, 0.1) is 18.2 Å². The van der Waals surface area contributed by atoms with Crippen molar-refractivity contribution >= 4 is 38.3 Å². The van der Waals surface area contributed by atoms with Crippen LogP contribution in [0.5, 0.6) is 0 Å². The van der Waals surface area contributed by atoms with E-state index in [2.05, 4.69) is 5.32 Å². The molecular weight excluding hydrogens is 471 g/mol. The number of sulfonamides is 1. The first-order chi connectivity index (χ1) is 15.8. The Morgan fingerprint density at radius 3 is 2.30 bits per heavy atom. The van der Waals surface area contributed by atoms with Crippen LogP contribution in [-0.4, -0.2) is 86.9 Å². The highest BCUT2D eigenvalue weighted by Crippen LogP contribution is 2.29. The van der Waals surface area contributed by atoms with Crippen LogP contribution in [0.4, 0.5) is 14.2 Å². The normalized spacial score (nSPS) is 18.1. The molecule has 2 aliphatic rings. The molecule has 0 atom stereocenters. The fourth-order valence-corrected chi connectivity index (χ4v) is 6.48. The lowest BCUT2D eigenvalue weighted by atomic mass is 10.2. The third-order valence-electron chi connectivity index (χ3n) is 5.54. The molecule has 2 aromatic rings. The summed E-state index contributed by atoms with van der Waals surface area (Å²) in [7, 11) is -3.61. The molecule has 1 aromatic carbocycles. The van der Waals surface area contributed by atoms with Crippen molar-refractivity contribution in [2.45, 2.75) is 10.6 Å². The molecule has 33 heavy (non-hydrogen) atoms. The fraction of sp³-hybridized carbons (Fsp3) is 0.429. The van der Waals surface area contributed by atoms with Crippen molar-refractivity contribution in [2.75, 3.05) is 57.8 Å². The van der Waals surface area contributed by atoms with E-state index in [1.165, 1.54) is 34.6 Å². The lowest BCUT2D eigenvalue weighted by Gasteiger charge is -2.25. The number of hydrogen-bond acceptors (Lipinski definition) is 6. The summed E-state index contributed by atoms with van der Waals surface area (Å²) in [6, 6.07) is 8.13. The number of halogens is 1. The number of nitrogens with one attached hydrogen (secondary N) is 1. The zero-order chi connectivity index (χ0) is 23.4. The summed E-state index contributed by atoms with van der Waals surface area (Å²) in [6.07, 6.45) is 0.599. The molecule has 1 aromatic heterocycles. The molecule has 3 heterocycles. The molecule has 4 rings (SSSR count). The molecule has 2 aliphatic heterocycles. The van der Waals surface area contributed by atoms with Crippen LogP contribution in [0, 0.1) is 5.82 Å². The molecule has 0 unspecified atom stereocenters. The Hall–Kier alpha value is -2.54. The smallest absolute Gasteiger partial charge is 0.322 e. The molecule has 2 fully saturated rings. The van der Waals surface area contributed by atoms with Crippen LogP contribution in [-0.2, 0) is 14.8 Å². The number of morpholine rings is 1. The van der Waals surface area contributed by atoms with Crippen molar-refractivity contribution in [1.29, 1.82) is 0 Å². The average molecular weight is 497 g/mol. The Morgan fingerprint density at radius 1 is 0.909 bits per heavy atom. The number of urea groups is 1. The minimum absolute atomic E-state index is 0.173. The van der Waals surface area contributed by atoms with Gasteiger partial charge in [0.25, 0.3) is 15.9 Å². The third kappa shape index (κ3) is 5.52. The standard InChI is InChI=1S/C21H25FN4O5S2/c22-17-4-2-16(3-5-17)20(27)24-8-1-9-25(11-10-24)21(28)23-18-6-7-19(32-18)33(29,30)26-12-14-31-15-13-26/h2-7H,1,8-15H2,(H,23,28). The monoisotopic (exact) mass is 496 g/mol. The number of carbonyl (C=O) groups excluding carboxylic acids is 2. The predicted octanol–water partition coefficient (Wildman–Crippen LogP) is 2.29. The number of amides is 3. The molecule has 0 saturated carbocycles. The summed E-state index contributed by atoms with van der Waals surface area (Å²) in [5.41, 5.74) is 0.405. The summed E-state index contributed by atoms with van der Waals surface area (Å²) < 4.78 is 45.4. The Labute approximate surface area is 195 Å². The topological polar surface area (TPSA) is 99.3 Å².